The van der Waals surface area contributed by atoms with Gasteiger partial charge in [0.15, 0.2) is 0 Å². The van der Waals surface area contributed by atoms with Crippen LogP contribution in [0.3, 0.4) is 0 Å². The van der Waals surface area contributed by atoms with Gasteiger partial charge in [0.05, 0.1) is 19.5 Å². The molecule has 2 aromatic heterocycles. The molecule has 3 rings (SSSR count). The first-order valence-corrected chi connectivity index (χ1v) is 8.03. The number of piperidine rings is 1. The van der Waals surface area contributed by atoms with Gasteiger partial charge in [-0.2, -0.15) is 10.2 Å². The lowest BCUT2D eigenvalue weighted by atomic mass is 10.1. The molecule has 0 atom stereocenters. The van der Waals surface area contributed by atoms with E-state index >= 15 is 0 Å². The second-order valence-corrected chi connectivity index (χ2v) is 6.90. The van der Waals surface area contributed by atoms with Gasteiger partial charge in [-0.3, -0.25) is 5.32 Å². The van der Waals surface area contributed by atoms with Crippen molar-refractivity contribution in [3.8, 4) is 0 Å². The predicted octanol–water partition coefficient (Wildman–Crippen LogP) is 2.22. The van der Waals surface area contributed by atoms with Crippen molar-refractivity contribution in [2.24, 2.45) is 0 Å². The zero-order valence-corrected chi connectivity index (χ0v) is 14.0. The van der Waals surface area contributed by atoms with Crippen LogP contribution in [0.15, 0.2) is 24.8 Å². The highest BCUT2D eigenvalue weighted by Gasteiger charge is 2.37. The van der Waals surface area contributed by atoms with Gasteiger partial charge in [-0.15, -0.1) is 0 Å². The van der Waals surface area contributed by atoms with Crippen molar-refractivity contribution >= 4 is 45.2 Å². The molecule has 18 heavy (non-hydrogen) atoms. The van der Waals surface area contributed by atoms with Gasteiger partial charge in [0.1, 0.15) is 0 Å². The molecule has 0 amide bonds. The summed E-state index contributed by atoms with van der Waals surface area (Å²) in [4.78, 5) is 0. The molecule has 1 saturated heterocycles. The Balaban J connectivity index is 2.08. The van der Waals surface area contributed by atoms with E-state index in [0.29, 0.717) is 0 Å². The van der Waals surface area contributed by atoms with Gasteiger partial charge in [-0.25, -0.2) is 9.36 Å². The molecule has 0 spiro atoms. The number of halogens is 2. The third-order valence-corrected chi connectivity index (χ3v) is 4.33. The fourth-order valence-electron chi connectivity index (χ4n) is 2.38. The fraction of sp³-hybridized carbons (Fsp3) is 0.455. The van der Waals surface area contributed by atoms with Crippen LogP contribution in [0.1, 0.15) is 19.3 Å². The van der Waals surface area contributed by atoms with E-state index in [4.69, 9.17) is 0 Å². The first kappa shape index (κ1) is 12.9. The summed E-state index contributed by atoms with van der Waals surface area (Å²) in [6.45, 7) is 0.993. The number of nitrogens with zero attached hydrogens (tertiary/aromatic N) is 4. The lowest BCUT2D eigenvalue weighted by Gasteiger charge is -2.38. The van der Waals surface area contributed by atoms with Gasteiger partial charge in [-0.05, 0) is 64.6 Å². The van der Waals surface area contributed by atoms with Crippen LogP contribution in [0.25, 0.3) is 0 Å². The van der Waals surface area contributed by atoms with Gasteiger partial charge in [-0.1, -0.05) is 0 Å². The van der Waals surface area contributed by atoms with Crippen molar-refractivity contribution in [2.75, 3.05) is 6.54 Å². The average molecular weight is 469 g/mol. The van der Waals surface area contributed by atoms with Gasteiger partial charge in [0, 0.05) is 18.8 Å². The van der Waals surface area contributed by atoms with Crippen LogP contribution in [0.5, 0.6) is 0 Å². The highest BCUT2D eigenvalue weighted by molar-refractivity contribution is 14.1. The molecular formula is C11H13I2N5. The lowest BCUT2D eigenvalue weighted by Crippen LogP contribution is -2.56. The molecule has 0 bridgehead atoms. The minimum Gasteiger partial charge on any atom is -0.274 e. The van der Waals surface area contributed by atoms with E-state index in [1.165, 1.54) is 12.8 Å². The molecule has 0 unspecified atom stereocenters. The van der Waals surface area contributed by atoms with Crippen molar-refractivity contribution in [1.29, 1.82) is 0 Å². The van der Waals surface area contributed by atoms with Crippen LogP contribution in [-0.4, -0.2) is 26.1 Å². The Kier molecular flexibility index (Phi) is 3.63. The molecular weight excluding hydrogens is 456 g/mol. The van der Waals surface area contributed by atoms with E-state index in [1.54, 1.807) is 0 Å². The molecule has 96 valence electrons. The van der Waals surface area contributed by atoms with Crippen molar-refractivity contribution < 1.29 is 0 Å². The molecule has 0 aliphatic carbocycles. The fourth-order valence-corrected chi connectivity index (χ4v) is 3.15. The molecule has 2 aromatic rings. The Morgan fingerprint density at radius 2 is 1.67 bits per heavy atom. The van der Waals surface area contributed by atoms with Crippen LogP contribution in [0.2, 0.25) is 0 Å². The van der Waals surface area contributed by atoms with Crippen molar-refractivity contribution in [1.82, 2.24) is 24.9 Å². The molecule has 0 aromatic carbocycles. The molecule has 1 aliphatic heterocycles. The smallest absolute Gasteiger partial charge is 0.207 e. The maximum absolute atomic E-state index is 4.48. The van der Waals surface area contributed by atoms with E-state index in [9.17, 15) is 0 Å². The maximum atomic E-state index is 4.48. The highest BCUT2D eigenvalue weighted by Crippen LogP contribution is 2.26. The van der Waals surface area contributed by atoms with Crippen LogP contribution in [0.4, 0.5) is 0 Å². The maximum Gasteiger partial charge on any atom is 0.207 e. The highest BCUT2D eigenvalue weighted by atomic mass is 127. The number of nitrogens with one attached hydrogen (secondary N) is 1. The van der Waals surface area contributed by atoms with Gasteiger partial charge in [0.25, 0.3) is 0 Å². The van der Waals surface area contributed by atoms with E-state index in [0.717, 1.165) is 20.1 Å². The van der Waals surface area contributed by atoms with Crippen LogP contribution in [0, 0.1) is 7.14 Å². The number of hydrogen-bond donors (Lipinski definition) is 1. The van der Waals surface area contributed by atoms with Crippen LogP contribution in [-0.2, 0) is 5.79 Å². The zero-order valence-electron chi connectivity index (χ0n) is 9.68. The Morgan fingerprint density at radius 1 is 1.06 bits per heavy atom. The Bertz CT molecular complexity index is 499. The van der Waals surface area contributed by atoms with E-state index < -0.39 is 0 Å². The largest absolute Gasteiger partial charge is 0.274 e. The van der Waals surface area contributed by atoms with Gasteiger partial charge >= 0.3 is 0 Å². The summed E-state index contributed by atoms with van der Waals surface area (Å²) in [6, 6.07) is 0. The zero-order chi connectivity index (χ0) is 12.6. The lowest BCUT2D eigenvalue weighted by molar-refractivity contribution is 0.0870. The molecule has 0 saturated carbocycles. The van der Waals surface area contributed by atoms with Gasteiger partial charge < -0.3 is 0 Å². The second kappa shape index (κ2) is 5.08. The minimum absolute atomic E-state index is 0.342. The molecule has 1 fully saturated rings. The first-order valence-electron chi connectivity index (χ1n) is 5.87. The van der Waals surface area contributed by atoms with E-state index in [-0.39, 0.29) is 5.79 Å². The summed E-state index contributed by atoms with van der Waals surface area (Å²) in [5.41, 5.74) is 0. The van der Waals surface area contributed by atoms with Crippen molar-refractivity contribution in [3.63, 3.8) is 0 Å². The third kappa shape index (κ3) is 2.20. The van der Waals surface area contributed by atoms with Crippen molar-refractivity contribution in [2.45, 2.75) is 25.0 Å². The van der Waals surface area contributed by atoms with Crippen LogP contribution < -0.4 is 5.32 Å². The Labute approximate surface area is 133 Å². The quantitative estimate of drug-likeness (QED) is 0.687. The molecule has 5 nitrogen and oxygen atoms in total. The second-order valence-electron chi connectivity index (χ2n) is 4.41. The molecule has 7 heteroatoms. The summed E-state index contributed by atoms with van der Waals surface area (Å²) in [6.07, 6.45) is 11.3. The molecule has 0 radical (unpaired) electrons. The van der Waals surface area contributed by atoms with Crippen molar-refractivity contribution in [3.05, 3.63) is 31.9 Å². The van der Waals surface area contributed by atoms with E-state index in [2.05, 4.69) is 73.1 Å². The van der Waals surface area contributed by atoms with Crippen LogP contribution >= 0.6 is 45.2 Å². The summed E-state index contributed by atoms with van der Waals surface area (Å²) in [5.74, 6) is -0.342. The predicted molar refractivity (Wildman–Crippen MR) is 85.1 cm³/mol. The monoisotopic (exact) mass is 469 g/mol. The summed E-state index contributed by atoms with van der Waals surface area (Å²) in [7, 11) is 0. The summed E-state index contributed by atoms with van der Waals surface area (Å²) >= 11 is 4.57. The SMILES string of the molecule is Ic1cnn(C2(n3cc(I)cn3)CCCCN2)c1. The number of hydrogen-bond acceptors (Lipinski definition) is 3. The Morgan fingerprint density at radius 3 is 2.06 bits per heavy atom. The molecule has 3 heterocycles. The van der Waals surface area contributed by atoms with Gasteiger partial charge in [0.2, 0.25) is 5.79 Å². The number of rotatable bonds is 2. The first-order chi connectivity index (χ1) is 8.71. The average Bonchev–Trinajstić information content (AvgIpc) is 2.99. The topological polar surface area (TPSA) is 47.7 Å². The summed E-state index contributed by atoms with van der Waals surface area (Å²) in [5, 5.41) is 12.5. The standard InChI is InChI=1S/C11H13I2N5/c12-9-5-15-17(7-9)11(3-1-2-4-14-11)18-8-10(13)6-16-18/h5-8,14H,1-4H2. The normalized spacial score (nSPS) is 19.0. The van der Waals surface area contributed by atoms with E-state index in [1.807, 2.05) is 21.8 Å². The summed E-state index contributed by atoms with van der Waals surface area (Å²) < 4.78 is 6.27. The molecule has 1 aliphatic rings. The Hall–Kier alpha value is -0.160. The minimum atomic E-state index is -0.342. The molecule has 1 N–H and O–H groups in total. The number of aromatic nitrogens is 4. The third-order valence-electron chi connectivity index (χ3n) is 3.22.